The van der Waals surface area contributed by atoms with Crippen LogP contribution in [0.3, 0.4) is 0 Å². The molecule has 2 amide bonds. The number of benzene rings is 1. The van der Waals surface area contributed by atoms with Crippen molar-refractivity contribution in [1.29, 1.82) is 0 Å². The number of ether oxygens (including phenoxy) is 1. The van der Waals surface area contributed by atoms with E-state index in [0.717, 1.165) is 31.2 Å². The van der Waals surface area contributed by atoms with E-state index in [9.17, 15) is 14.7 Å². The standard InChI is InChI=1S/C22H27ClN4O4S/c1-31-9-8-24-21(30)19-13-4-2-3-5-18(13)32-22(19)25-20(29)16-11-15(26-27-16)14-10-12(23)6-7-17(14)28/h6-7,10,15-16,26-28H,2-5,8-9,11H2,1H3,(H,24,30)(H,25,29). The Kier molecular flexibility index (Phi) is 7.32. The van der Waals surface area contributed by atoms with E-state index in [-0.39, 0.29) is 23.6 Å². The fraction of sp³-hybridized carbons (Fsp3) is 0.455. The van der Waals surface area contributed by atoms with Gasteiger partial charge < -0.3 is 20.5 Å². The summed E-state index contributed by atoms with van der Waals surface area (Å²) in [4.78, 5) is 27.1. The summed E-state index contributed by atoms with van der Waals surface area (Å²) in [5.74, 6) is -0.294. The highest BCUT2D eigenvalue weighted by molar-refractivity contribution is 7.17. The Bertz CT molecular complexity index is 1010. The molecule has 2 aromatic rings. The second kappa shape index (κ2) is 10.2. The van der Waals surface area contributed by atoms with Crippen molar-refractivity contribution in [3.05, 3.63) is 44.8 Å². The van der Waals surface area contributed by atoms with Crippen molar-refractivity contribution in [3.63, 3.8) is 0 Å². The highest BCUT2D eigenvalue weighted by Crippen LogP contribution is 2.39. The van der Waals surface area contributed by atoms with Crippen LogP contribution in [0.4, 0.5) is 5.00 Å². The van der Waals surface area contributed by atoms with Crippen molar-refractivity contribution in [2.24, 2.45) is 0 Å². The lowest BCUT2D eigenvalue weighted by atomic mass is 9.95. The van der Waals surface area contributed by atoms with E-state index in [4.69, 9.17) is 16.3 Å². The molecular weight excluding hydrogens is 452 g/mol. The van der Waals surface area contributed by atoms with Gasteiger partial charge in [-0.15, -0.1) is 11.3 Å². The Morgan fingerprint density at radius 2 is 2.09 bits per heavy atom. The summed E-state index contributed by atoms with van der Waals surface area (Å²) in [7, 11) is 1.59. The Labute approximate surface area is 195 Å². The lowest BCUT2D eigenvalue weighted by Gasteiger charge is -2.14. The van der Waals surface area contributed by atoms with Crippen LogP contribution in [-0.4, -0.2) is 43.2 Å². The number of carbonyl (C=O) groups is 2. The number of carbonyl (C=O) groups excluding carboxylic acids is 2. The third-order valence-corrected chi connectivity index (χ3v) is 7.25. The van der Waals surface area contributed by atoms with Crippen molar-refractivity contribution in [1.82, 2.24) is 16.2 Å². The number of aromatic hydroxyl groups is 1. The molecule has 1 aliphatic carbocycles. The molecule has 0 saturated carbocycles. The maximum absolute atomic E-state index is 13.0. The number of hydrogen-bond donors (Lipinski definition) is 5. The molecule has 4 rings (SSSR count). The van der Waals surface area contributed by atoms with E-state index in [2.05, 4.69) is 21.5 Å². The molecule has 2 heterocycles. The van der Waals surface area contributed by atoms with Crippen LogP contribution in [0, 0.1) is 0 Å². The minimum absolute atomic E-state index is 0.121. The third-order valence-electron chi connectivity index (χ3n) is 5.81. The zero-order chi connectivity index (χ0) is 22.7. The number of nitrogens with one attached hydrogen (secondary N) is 4. The lowest BCUT2D eigenvalue weighted by molar-refractivity contribution is -0.117. The number of methoxy groups -OCH3 is 1. The molecule has 0 radical (unpaired) electrons. The van der Waals surface area contributed by atoms with Crippen molar-refractivity contribution in [2.75, 3.05) is 25.6 Å². The van der Waals surface area contributed by atoms with Crippen LogP contribution in [0.15, 0.2) is 18.2 Å². The SMILES string of the molecule is COCCNC(=O)c1c(NC(=O)C2CC(c3cc(Cl)ccc3O)NN2)sc2c1CCCC2. The first kappa shape index (κ1) is 23.0. The van der Waals surface area contributed by atoms with Gasteiger partial charge in [-0.2, -0.15) is 0 Å². The molecule has 5 N–H and O–H groups in total. The van der Waals surface area contributed by atoms with Gasteiger partial charge in [-0.25, -0.2) is 10.9 Å². The van der Waals surface area contributed by atoms with Gasteiger partial charge in [-0.3, -0.25) is 9.59 Å². The van der Waals surface area contributed by atoms with Gasteiger partial charge in [-0.05, 0) is 55.9 Å². The third kappa shape index (κ3) is 4.92. The fourth-order valence-corrected chi connectivity index (χ4v) is 5.65. The summed E-state index contributed by atoms with van der Waals surface area (Å²) in [5.41, 5.74) is 8.30. The van der Waals surface area contributed by atoms with Gasteiger partial charge in [0.05, 0.1) is 18.2 Å². The Morgan fingerprint density at radius 1 is 1.28 bits per heavy atom. The van der Waals surface area contributed by atoms with E-state index < -0.39 is 6.04 Å². The first-order valence-electron chi connectivity index (χ1n) is 10.7. The largest absolute Gasteiger partial charge is 0.508 e. The summed E-state index contributed by atoms with van der Waals surface area (Å²) in [6.07, 6.45) is 4.32. The molecule has 2 unspecified atom stereocenters. The topological polar surface area (TPSA) is 112 Å². The monoisotopic (exact) mass is 478 g/mol. The number of amides is 2. The van der Waals surface area contributed by atoms with Crippen LogP contribution in [-0.2, 0) is 22.4 Å². The van der Waals surface area contributed by atoms with Gasteiger partial charge in [0.15, 0.2) is 0 Å². The number of phenols is 1. The average molecular weight is 479 g/mol. The Balaban J connectivity index is 1.49. The van der Waals surface area contributed by atoms with Crippen molar-refractivity contribution >= 4 is 39.8 Å². The number of aryl methyl sites for hydroxylation is 1. The molecule has 1 aromatic heterocycles. The van der Waals surface area contributed by atoms with Crippen LogP contribution < -0.4 is 21.5 Å². The summed E-state index contributed by atoms with van der Waals surface area (Å²) in [5, 5.41) is 17.1. The highest BCUT2D eigenvalue weighted by atomic mass is 35.5. The highest BCUT2D eigenvalue weighted by Gasteiger charge is 2.33. The van der Waals surface area contributed by atoms with Gasteiger partial charge in [0.2, 0.25) is 5.91 Å². The first-order valence-corrected chi connectivity index (χ1v) is 11.9. The molecule has 0 bridgehead atoms. The smallest absolute Gasteiger partial charge is 0.254 e. The molecule has 1 saturated heterocycles. The lowest BCUT2D eigenvalue weighted by Crippen LogP contribution is -2.39. The number of anilines is 1. The van der Waals surface area contributed by atoms with E-state index in [1.165, 1.54) is 22.3 Å². The van der Waals surface area contributed by atoms with Gasteiger partial charge in [0.1, 0.15) is 16.8 Å². The summed E-state index contributed by atoms with van der Waals surface area (Å²) in [6.45, 7) is 0.835. The van der Waals surface area contributed by atoms with E-state index in [0.29, 0.717) is 40.7 Å². The average Bonchev–Trinajstić information content (AvgIpc) is 3.40. The minimum Gasteiger partial charge on any atom is -0.508 e. The number of halogens is 1. The molecule has 1 fully saturated rings. The van der Waals surface area contributed by atoms with Crippen molar-refractivity contribution in [2.45, 2.75) is 44.2 Å². The number of thiophene rings is 1. The van der Waals surface area contributed by atoms with Gasteiger partial charge in [0.25, 0.3) is 5.91 Å². The predicted octanol–water partition coefficient (Wildman–Crippen LogP) is 2.91. The molecule has 8 nitrogen and oxygen atoms in total. The van der Waals surface area contributed by atoms with Gasteiger partial charge in [0, 0.05) is 29.1 Å². The van der Waals surface area contributed by atoms with Crippen LogP contribution >= 0.6 is 22.9 Å². The quantitative estimate of drug-likeness (QED) is 0.391. The number of hydrazine groups is 1. The zero-order valence-corrected chi connectivity index (χ0v) is 19.4. The van der Waals surface area contributed by atoms with Gasteiger partial charge >= 0.3 is 0 Å². The summed E-state index contributed by atoms with van der Waals surface area (Å²) < 4.78 is 5.02. The van der Waals surface area contributed by atoms with Crippen molar-refractivity contribution < 1.29 is 19.4 Å². The Hall–Kier alpha value is -2.17. The van der Waals surface area contributed by atoms with Gasteiger partial charge in [-0.1, -0.05) is 11.6 Å². The first-order chi connectivity index (χ1) is 15.5. The number of phenolic OH excluding ortho intramolecular Hbond substituents is 1. The summed E-state index contributed by atoms with van der Waals surface area (Å²) >= 11 is 7.55. The molecule has 10 heteroatoms. The van der Waals surface area contributed by atoms with Crippen LogP contribution in [0.2, 0.25) is 5.02 Å². The van der Waals surface area contributed by atoms with Crippen LogP contribution in [0.1, 0.15) is 51.7 Å². The Morgan fingerprint density at radius 3 is 2.91 bits per heavy atom. The molecule has 0 spiro atoms. The maximum Gasteiger partial charge on any atom is 0.254 e. The number of hydrogen-bond acceptors (Lipinski definition) is 7. The zero-order valence-electron chi connectivity index (χ0n) is 17.8. The van der Waals surface area contributed by atoms with E-state index >= 15 is 0 Å². The van der Waals surface area contributed by atoms with Crippen LogP contribution in [0.5, 0.6) is 5.75 Å². The second-order valence-electron chi connectivity index (χ2n) is 7.99. The molecule has 1 aromatic carbocycles. The number of fused-ring (bicyclic) bond motifs is 1. The fourth-order valence-electron chi connectivity index (χ4n) is 4.18. The van der Waals surface area contributed by atoms with Crippen LogP contribution in [0.25, 0.3) is 0 Å². The van der Waals surface area contributed by atoms with E-state index in [1.807, 2.05) is 0 Å². The predicted molar refractivity (Wildman–Crippen MR) is 124 cm³/mol. The molecule has 2 atom stereocenters. The van der Waals surface area contributed by atoms with Crippen molar-refractivity contribution in [3.8, 4) is 5.75 Å². The van der Waals surface area contributed by atoms with E-state index in [1.54, 1.807) is 19.2 Å². The summed E-state index contributed by atoms with van der Waals surface area (Å²) in [6, 6.07) is 4.05. The number of rotatable bonds is 7. The minimum atomic E-state index is -0.526. The second-order valence-corrected chi connectivity index (χ2v) is 9.53. The molecular formula is C22H27ClN4O4S. The molecule has 172 valence electrons. The molecule has 2 aliphatic rings. The maximum atomic E-state index is 13.0. The molecule has 1 aliphatic heterocycles. The molecule has 32 heavy (non-hydrogen) atoms. The normalized spacial score (nSPS) is 20.1.